The van der Waals surface area contributed by atoms with Crippen LogP contribution in [-0.4, -0.2) is 19.6 Å². The van der Waals surface area contributed by atoms with Crippen LogP contribution in [0.25, 0.3) is 0 Å². The van der Waals surface area contributed by atoms with Crippen LogP contribution in [0.3, 0.4) is 0 Å². The number of benzene rings is 1. The molecule has 0 N–H and O–H groups in total. The molecule has 1 aromatic carbocycles. The van der Waals surface area contributed by atoms with Crippen molar-refractivity contribution in [2.24, 2.45) is 0 Å². The van der Waals surface area contributed by atoms with Gasteiger partial charge in [-0.15, -0.1) is 0 Å². The Labute approximate surface area is 81.4 Å². The summed E-state index contributed by atoms with van der Waals surface area (Å²) in [5.74, 6) is -0.301. The maximum Gasteiger partial charge on any atom is 0.273 e. The molecule has 0 atom stereocenters. The van der Waals surface area contributed by atoms with E-state index in [1.165, 1.54) is 18.2 Å². The van der Waals surface area contributed by atoms with E-state index in [0.29, 0.717) is 0 Å². The molecule has 0 aliphatic rings. The molecule has 1 aromatic rings. The van der Waals surface area contributed by atoms with Gasteiger partial charge in [-0.25, -0.2) is 8.42 Å². The lowest BCUT2D eigenvalue weighted by atomic mass is 10.2. The highest BCUT2D eigenvalue weighted by molar-refractivity contribution is 7.89. The van der Waals surface area contributed by atoms with Crippen molar-refractivity contribution in [3.05, 3.63) is 39.9 Å². The van der Waals surface area contributed by atoms with Crippen LogP contribution in [0.1, 0.15) is 5.56 Å². The van der Waals surface area contributed by atoms with Gasteiger partial charge in [0.2, 0.25) is 0 Å². The van der Waals surface area contributed by atoms with E-state index in [0.717, 1.165) is 6.26 Å². The fourth-order valence-corrected chi connectivity index (χ4v) is 1.90. The summed E-state index contributed by atoms with van der Waals surface area (Å²) < 4.78 is 21.9. The van der Waals surface area contributed by atoms with Gasteiger partial charge in [0.15, 0.2) is 9.84 Å². The van der Waals surface area contributed by atoms with E-state index in [1.807, 2.05) is 0 Å². The van der Waals surface area contributed by atoms with E-state index in [4.69, 9.17) is 0 Å². The average Bonchev–Trinajstić information content (AvgIpc) is 2.01. The first-order valence-corrected chi connectivity index (χ1v) is 5.86. The van der Waals surface area contributed by atoms with Gasteiger partial charge < -0.3 is 0 Å². The molecule has 6 heteroatoms. The molecule has 0 aliphatic heterocycles. The van der Waals surface area contributed by atoms with Crippen LogP contribution in [-0.2, 0) is 15.6 Å². The lowest BCUT2D eigenvalue weighted by Crippen LogP contribution is -2.03. The molecule has 0 saturated heterocycles. The second-order valence-corrected chi connectivity index (χ2v) is 5.10. The normalized spacial score (nSPS) is 11.2. The third-order valence-corrected chi connectivity index (χ3v) is 2.44. The van der Waals surface area contributed by atoms with Crippen molar-refractivity contribution in [1.82, 2.24) is 0 Å². The lowest BCUT2D eigenvalue weighted by Gasteiger charge is -2.00. The van der Waals surface area contributed by atoms with Crippen LogP contribution in [0.5, 0.6) is 0 Å². The van der Waals surface area contributed by atoms with Crippen molar-refractivity contribution in [2.45, 2.75) is 5.75 Å². The first kappa shape index (κ1) is 10.6. The molecule has 0 amide bonds. The van der Waals surface area contributed by atoms with E-state index in [9.17, 15) is 18.5 Å². The molecule has 0 radical (unpaired) electrons. The summed E-state index contributed by atoms with van der Waals surface area (Å²) in [6, 6.07) is 5.82. The molecule has 0 bridgehead atoms. The second-order valence-electron chi connectivity index (χ2n) is 2.96. The number of para-hydroxylation sites is 1. The van der Waals surface area contributed by atoms with Crippen molar-refractivity contribution in [3.63, 3.8) is 0 Å². The Bertz CT molecular complexity index is 452. The summed E-state index contributed by atoms with van der Waals surface area (Å²) in [7, 11) is -3.24. The predicted molar refractivity (Wildman–Crippen MR) is 51.6 cm³/mol. The molecule has 76 valence electrons. The number of nitro groups is 1. The topological polar surface area (TPSA) is 77.3 Å². The number of rotatable bonds is 3. The van der Waals surface area contributed by atoms with E-state index < -0.39 is 14.8 Å². The van der Waals surface area contributed by atoms with Gasteiger partial charge in [-0.05, 0) is 0 Å². The van der Waals surface area contributed by atoms with Gasteiger partial charge in [-0.1, -0.05) is 18.2 Å². The van der Waals surface area contributed by atoms with Gasteiger partial charge in [-0.3, -0.25) is 10.1 Å². The molecule has 0 spiro atoms. The molecule has 5 nitrogen and oxygen atoms in total. The van der Waals surface area contributed by atoms with Gasteiger partial charge in [0.05, 0.1) is 10.7 Å². The minimum atomic E-state index is -3.24. The van der Waals surface area contributed by atoms with Crippen LogP contribution in [0.15, 0.2) is 24.3 Å². The fraction of sp³-hybridized carbons (Fsp3) is 0.250. The first-order chi connectivity index (χ1) is 6.40. The maximum atomic E-state index is 11.0. The molecule has 0 aromatic heterocycles. The summed E-state index contributed by atoms with van der Waals surface area (Å²) in [6.45, 7) is 0. The van der Waals surface area contributed by atoms with Crippen molar-refractivity contribution < 1.29 is 13.3 Å². The van der Waals surface area contributed by atoms with Crippen molar-refractivity contribution in [3.8, 4) is 0 Å². The van der Waals surface area contributed by atoms with E-state index in [-0.39, 0.29) is 17.0 Å². The Kier molecular flexibility index (Phi) is 2.85. The number of hydrogen-bond acceptors (Lipinski definition) is 4. The Morgan fingerprint density at radius 2 is 1.93 bits per heavy atom. The third kappa shape index (κ3) is 2.81. The van der Waals surface area contributed by atoms with E-state index in [1.54, 1.807) is 6.07 Å². The highest BCUT2D eigenvalue weighted by Crippen LogP contribution is 2.19. The molecule has 14 heavy (non-hydrogen) atoms. The van der Waals surface area contributed by atoms with Gasteiger partial charge in [-0.2, -0.15) is 0 Å². The van der Waals surface area contributed by atoms with Gasteiger partial charge in [0.25, 0.3) is 5.69 Å². The highest BCUT2D eigenvalue weighted by atomic mass is 32.2. The molecule has 0 unspecified atom stereocenters. The van der Waals surface area contributed by atoms with Crippen molar-refractivity contribution in [1.29, 1.82) is 0 Å². The second kappa shape index (κ2) is 3.75. The zero-order valence-electron chi connectivity index (χ0n) is 7.50. The van der Waals surface area contributed by atoms with E-state index in [2.05, 4.69) is 0 Å². The third-order valence-electron chi connectivity index (χ3n) is 1.61. The Morgan fingerprint density at radius 1 is 1.36 bits per heavy atom. The first-order valence-electron chi connectivity index (χ1n) is 3.80. The number of nitro benzene ring substituents is 1. The molecule has 1 rings (SSSR count). The standard InChI is InChI=1S/C8H9NO4S/c1-14(12,13)6-7-4-2-3-5-8(7)9(10)11/h2-5H,6H2,1H3. The number of hydrogen-bond donors (Lipinski definition) is 0. The molecule has 0 saturated carbocycles. The molecular weight excluding hydrogens is 206 g/mol. The fourth-order valence-electron chi connectivity index (χ4n) is 1.09. The Balaban J connectivity index is 3.15. The van der Waals surface area contributed by atoms with Crippen LogP contribution >= 0.6 is 0 Å². The minimum Gasteiger partial charge on any atom is -0.258 e. The number of sulfone groups is 1. The molecule has 0 aliphatic carbocycles. The zero-order chi connectivity index (χ0) is 10.8. The summed E-state index contributed by atoms with van der Waals surface area (Å²) in [6.07, 6.45) is 1.05. The lowest BCUT2D eigenvalue weighted by molar-refractivity contribution is -0.385. The predicted octanol–water partition coefficient (Wildman–Crippen LogP) is 1.14. The van der Waals surface area contributed by atoms with Crippen LogP contribution in [0.4, 0.5) is 5.69 Å². The molecule has 0 heterocycles. The zero-order valence-corrected chi connectivity index (χ0v) is 8.32. The Morgan fingerprint density at radius 3 is 2.43 bits per heavy atom. The summed E-state index contributed by atoms with van der Waals surface area (Å²) in [4.78, 5) is 9.94. The average molecular weight is 215 g/mol. The minimum absolute atomic E-state index is 0.155. The molecular formula is C8H9NO4S. The van der Waals surface area contributed by atoms with Gasteiger partial charge in [0, 0.05) is 17.9 Å². The highest BCUT2D eigenvalue weighted by Gasteiger charge is 2.15. The SMILES string of the molecule is CS(=O)(=O)Cc1ccccc1[N+](=O)[O-]. The van der Waals surface area contributed by atoms with E-state index >= 15 is 0 Å². The smallest absolute Gasteiger partial charge is 0.258 e. The Hall–Kier alpha value is -1.43. The summed E-state index contributed by atoms with van der Waals surface area (Å²) in [5, 5.41) is 10.5. The van der Waals surface area contributed by atoms with Crippen molar-refractivity contribution >= 4 is 15.5 Å². The van der Waals surface area contributed by atoms with Crippen LogP contribution in [0, 0.1) is 10.1 Å². The monoisotopic (exact) mass is 215 g/mol. The van der Waals surface area contributed by atoms with Gasteiger partial charge in [0.1, 0.15) is 0 Å². The largest absolute Gasteiger partial charge is 0.273 e. The number of nitrogens with zero attached hydrogens (tertiary/aromatic N) is 1. The summed E-state index contributed by atoms with van der Waals surface area (Å²) >= 11 is 0. The maximum absolute atomic E-state index is 11.0. The quantitative estimate of drug-likeness (QED) is 0.559. The van der Waals surface area contributed by atoms with Crippen LogP contribution < -0.4 is 0 Å². The van der Waals surface area contributed by atoms with Gasteiger partial charge >= 0.3 is 0 Å². The van der Waals surface area contributed by atoms with Crippen molar-refractivity contribution in [2.75, 3.05) is 6.26 Å². The van der Waals surface area contributed by atoms with Crippen LogP contribution in [0.2, 0.25) is 0 Å². The summed E-state index contributed by atoms with van der Waals surface area (Å²) in [5.41, 5.74) is 0.0675. The molecule has 0 fully saturated rings.